The number of rotatable bonds is 6. The van der Waals surface area contributed by atoms with Crippen molar-refractivity contribution in [3.8, 4) is 0 Å². The van der Waals surface area contributed by atoms with Gasteiger partial charge in [0.15, 0.2) is 5.16 Å². The Morgan fingerprint density at radius 1 is 1.09 bits per heavy atom. The van der Waals surface area contributed by atoms with Gasteiger partial charge in [-0.3, -0.25) is 9.59 Å². The number of carbonyl (C=O) groups is 1. The van der Waals surface area contributed by atoms with Crippen molar-refractivity contribution in [2.24, 2.45) is 0 Å². The SMILES string of the molecule is O=C(Cc1cc(=O)[nH]c(SCc2cccc(Cl)c2)n1)N1CCN(c2ccccc2F)CC1. The molecule has 0 radical (unpaired) electrons. The van der Waals surface area contributed by atoms with Gasteiger partial charge in [0.2, 0.25) is 5.91 Å². The van der Waals surface area contributed by atoms with Gasteiger partial charge in [-0.15, -0.1) is 0 Å². The van der Waals surface area contributed by atoms with E-state index >= 15 is 0 Å². The molecule has 0 saturated carbocycles. The molecule has 2 aromatic carbocycles. The van der Waals surface area contributed by atoms with Crippen LogP contribution in [0.3, 0.4) is 0 Å². The van der Waals surface area contributed by atoms with Crippen LogP contribution in [0.25, 0.3) is 0 Å². The molecule has 1 aromatic heterocycles. The molecule has 3 aromatic rings. The van der Waals surface area contributed by atoms with Crippen molar-refractivity contribution in [1.82, 2.24) is 14.9 Å². The summed E-state index contributed by atoms with van der Waals surface area (Å²) in [5, 5.41) is 1.11. The number of H-pyrrole nitrogens is 1. The summed E-state index contributed by atoms with van der Waals surface area (Å²) in [4.78, 5) is 35.7. The van der Waals surface area contributed by atoms with Crippen molar-refractivity contribution in [3.05, 3.63) is 87.0 Å². The number of hydrogen-bond donors (Lipinski definition) is 1. The van der Waals surface area contributed by atoms with Gasteiger partial charge < -0.3 is 14.8 Å². The normalized spacial score (nSPS) is 13.9. The molecule has 4 rings (SSSR count). The Hall–Kier alpha value is -2.84. The first-order valence-electron chi connectivity index (χ1n) is 10.2. The lowest BCUT2D eigenvalue weighted by Gasteiger charge is -2.36. The van der Waals surface area contributed by atoms with E-state index in [4.69, 9.17) is 11.6 Å². The maximum absolute atomic E-state index is 14.0. The second-order valence-corrected chi connectivity index (χ2v) is 8.86. The fourth-order valence-corrected chi connectivity index (χ4v) is 4.64. The van der Waals surface area contributed by atoms with Crippen molar-refractivity contribution in [1.29, 1.82) is 0 Å². The summed E-state index contributed by atoms with van der Waals surface area (Å²) in [6.45, 7) is 2.09. The van der Waals surface area contributed by atoms with Crippen LogP contribution in [0.1, 0.15) is 11.3 Å². The summed E-state index contributed by atoms with van der Waals surface area (Å²) in [7, 11) is 0. The number of amides is 1. The van der Waals surface area contributed by atoms with Crippen molar-refractivity contribution in [2.75, 3.05) is 31.1 Å². The highest BCUT2D eigenvalue weighted by molar-refractivity contribution is 7.98. The molecule has 166 valence electrons. The number of aromatic nitrogens is 2. The molecule has 0 bridgehead atoms. The number of nitrogens with one attached hydrogen (secondary N) is 1. The molecule has 9 heteroatoms. The van der Waals surface area contributed by atoms with Crippen molar-refractivity contribution in [3.63, 3.8) is 0 Å². The van der Waals surface area contributed by atoms with Crippen LogP contribution in [-0.4, -0.2) is 47.0 Å². The number of nitrogens with zero attached hydrogens (tertiary/aromatic N) is 3. The van der Waals surface area contributed by atoms with E-state index in [0.717, 1.165) is 5.56 Å². The second-order valence-electron chi connectivity index (χ2n) is 7.46. The van der Waals surface area contributed by atoms with Crippen LogP contribution in [-0.2, 0) is 17.0 Å². The van der Waals surface area contributed by atoms with Crippen molar-refractivity contribution >= 4 is 35.0 Å². The maximum atomic E-state index is 14.0. The summed E-state index contributed by atoms with van der Waals surface area (Å²) in [5.41, 5.74) is 1.71. The zero-order chi connectivity index (χ0) is 22.5. The van der Waals surface area contributed by atoms with Gasteiger partial charge in [-0.1, -0.05) is 47.6 Å². The molecule has 1 saturated heterocycles. The Bertz CT molecular complexity index is 1160. The number of benzene rings is 2. The lowest BCUT2D eigenvalue weighted by Crippen LogP contribution is -2.49. The van der Waals surface area contributed by atoms with Crippen LogP contribution in [0.15, 0.2) is 64.5 Å². The summed E-state index contributed by atoms with van der Waals surface area (Å²) in [5.74, 6) is 0.240. The van der Waals surface area contributed by atoms with Gasteiger partial charge in [-0.25, -0.2) is 9.37 Å². The molecule has 0 spiro atoms. The first-order chi connectivity index (χ1) is 15.5. The number of aromatic amines is 1. The van der Waals surface area contributed by atoms with E-state index in [1.807, 2.05) is 23.1 Å². The third-order valence-electron chi connectivity index (χ3n) is 5.20. The third-order valence-corrected chi connectivity index (χ3v) is 6.37. The lowest BCUT2D eigenvalue weighted by molar-refractivity contribution is -0.130. The van der Waals surface area contributed by atoms with Crippen molar-refractivity contribution in [2.45, 2.75) is 17.3 Å². The molecule has 2 heterocycles. The van der Waals surface area contributed by atoms with Crippen LogP contribution in [0.5, 0.6) is 0 Å². The molecule has 1 aliphatic heterocycles. The highest BCUT2D eigenvalue weighted by atomic mass is 35.5. The zero-order valence-corrected chi connectivity index (χ0v) is 18.8. The molecular weight excluding hydrogens is 451 g/mol. The van der Waals surface area contributed by atoms with E-state index in [1.54, 1.807) is 29.2 Å². The van der Waals surface area contributed by atoms with Crippen LogP contribution >= 0.6 is 23.4 Å². The first-order valence-corrected chi connectivity index (χ1v) is 11.6. The van der Waals surface area contributed by atoms with E-state index in [1.165, 1.54) is 23.9 Å². The van der Waals surface area contributed by atoms with Gasteiger partial charge in [-0.2, -0.15) is 0 Å². The summed E-state index contributed by atoms with van der Waals surface area (Å²) in [6.07, 6.45) is 0.0499. The monoisotopic (exact) mass is 472 g/mol. The van der Waals surface area contributed by atoms with Gasteiger partial charge in [0.25, 0.3) is 5.56 Å². The molecule has 0 unspecified atom stereocenters. The average Bonchev–Trinajstić information content (AvgIpc) is 2.78. The minimum Gasteiger partial charge on any atom is -0.366 e. The van der Waals surface area contributed by atoms with Crippen LogP contribution in [0.2, 0.25) is 5.02 Å². The average molecular weight is 473 g/mol. The van der Waals surface area contributed by atoms with E-state index in [0.29, 0.717) is 53.5 Å². The molecule has 6 nitrogen and oxygen atoms in total. The Balaban J connectivity index is 1.35. The standard InChI is InChI=1S/C23H22ClFN4O2S/c24-17-5-3-4-16(12-17)15-32-23-26-18(13-21(30)27-23)14-22(31)29-10-8-28(9-11-29)20-7-2-1-6-19(20)25/h1-7,12-13H,8-11,14-15H2,(H,26,27,30). The van der Waals surface area contributed by atoms with Gasteiger partial charge in [0, 0.05) is 43.0 Å². The molecular formula is C23H22ClFN4O2S. The summed E-state index contributed by atoms with van der Waals surface area (Å²) >= 11 is 7.39. The largest absolute Gasteiger partial charge is 0.366 e. The third kappa shape index (κ3) is 5.69. The molecule has 1 fully saturated rings. The smallest absolute Gasteiger partial charge is 0.251 e. The molecule has 1 amide bonds. The summed E-state index contributed by atoms with van der Waals surface area (Å²) in [6, 6.07) is 15.5. The Morgan fingerprint density at radius 3 is 2.62 bits per heavy atom. The highest BCUT2D eigenvalue weighted by Gasteiger charge is 2.23. The predicted molar refractivity (Wildman–Crippen MR) is 125 cm³/mol. The minimum atomic E-state index is -0.291. The lowest BCUT2D eigenvalue weighted by atomic mass is 10.2. The fraction of sp³-hybridized carbons (Fsp3) is 0.261. The van der Waals surface area contributed by atoms with Gasteiger partial charge in [0.05, 0.1) is 17.8 Å². The number of anilines is 1. The second kappa shape index (κ2) is 10.2. The fourth-order valence-electron chi connectivity index (χ4n) is 3.59. The number of para-hydroxylation sites is 1. The van der Waals surface area contributed by atoms with Gasteiger partial charge in [0.1, 0.15) is 5.82 Å². The molecule has 1 aliphatic rings. The van der Waals surface area contributed by atoms with Gasteiger partial charge >= 0.3 is 0 Å². The Kier molecular flexibility index (Phi) is 7.12. The zero-order valence-electron chi connectivity index (χ0n) is 17.3. The Labute approximate surface area is 194 Å². The highest BCUT2D eigenvalue weighted by Crippen LogP contribution is 2.22. The van der Waals surface area contributed by atoms with Crippen molar-refractivity contribution < 1.29 is 9.18 Å². The topological polar surface area (TPSA) is 69.3 Å². The van der Waals surface area contributed by atoms with E-state index in [9.17, 15) is 14.0 Å². The van der Waals surface area contributed by atoms with E-state index < -0.39 is 0 Å². The summed E-state index contributed by atoms with van der Waals surface area (Å²) < 4.78 is 14.0. The van der Waals surface area contributed by atoms with Crippen LogP contribution < -0.4 is 10.5 Å². The number of thioether (sulfide) groups is 1. The minimum absolute atomic E-state index is 0.0499. The molecule has 0 atom stereocenters. The first kappa shape index (κ1) is 22.4. The Morgan fingerprint density at radius 2 is 1.88 bits per heavy atom. The maximum Gasteiger partial charge on any atom is 0.251 e. The van der Waals surface area contributed by atoms with E-state index in [-0.39, 0.29) is 23.7 Å². The number of carbonyl (C=O) groups excluding carboxylic acids is 1. The number of halogens is 2. The van der Waals surface area contributed by atoms with Crippen LogP contribution in [0, 0.1) is 5.82 Å². The number of hydrogen-bond acceptors (Lipinski definition) is 5. The molecule has 32 heavy (non-hydrogen) atoms. The van der Waals surface area contributed by atoms with Crippen LogP contribution in [0.4, 0.5) is 10.1 Å². The van der Waals surface area contributed by atoms with E-state index in [2.05, 4.69) is 9.97 Å². The van der Waals surface area contributed by atoms with Gasteiger partial charge in [-0.05, 0) is 29.8 Å². The number of piperazine rings is 1. The predicted octanol–water partition coefficient (Wildman–Crippen LogP) is 3.75. The molecule has 0 aliphatic carbocycles. The molecule has 1 N–H and O–H groups in total. The quantitative estimate of drug-likeness (QED) is 0.437.